The third kappa shape index (κ3) is 2.62. The number of ether oxygens (including phenoxy) is 1. The van der Waals surface area contributed by atoms with Gasteiger partial charge in [0.05, 0.1) is 13.2 Å². The van der Waals surface area contributed by atoms with Crippen LogP contribution in [-0.2, 0) is 9.53 Å². The number of carbonyl (C=O) groups is 2. The zero-order valence-electron chi connectivity index (χ0n) is 11.6. The second-order valence-electron chi connectivity index (χ2n) is 5.22. The van der Waals surface area contributed by atoms with Crippen LogP contribution in [0.2, 0.25) is 0 Å². The molecule has 0 bridgehead atoms. The molecule has 6 heteroatoms. The van der Waals surface area contributed by atoms with Crippen LogP contribution in [0, 0.1) is 6.92 Å². The molecular formula is C15H16N2O4. The molecule has 1 atom stereocenters. The molecule has 2 aromatic rings. The number of aromatic amines is 1. The van der Waals surface area contributed by atoms with E-state index in [1.54, 1.807) is 6.07 Å². The SMILES string of the molecule is Cc1ccc2cc(C(=O)N3CCO[C@H](C(=O)O)C3)[nH]c2c1. The standard InChI is InChI=1S/C15H16N2O4/c1-9-2-3-10-7-12(16-11(10)6-9)14(18)17-4-5-21-13(8-17)15(19)20/h2-3,6-7,13,16H,4-5,8H2,1H3,(H,19,20)/t13-/m0/s1. The maximum absolute atomic E-state index is 12.5. The largest absolute Gasteiger partial charge is 0.479 e. The van der Waals surface area contributed by atoms with Crippen LogP contribution in [0.15, 0.2) is 24.3 Å². The number of benzene rings is 1. The molecule has 110 valence electrons. The molecule has 21 heavy (non-hydrogen) atoms. The Labute approximate surface area is 121 Å². The zero-order chi connectivity index (χ0) is 15.0. The van der Waals surface area contributed by atoms with Crippen molar-refractivity contribution >= 4 is 22.8 Å². The Balaban J connectivity index is 1.84. The fourth-order valence-corrected chi connectivity index (χ4v) is 2.51. The fraction of sp³-hybridized carbons (Fsp3) is 0.333. The van der Waals surface area contributed by atoms with Crippen molar-refractivity contribution in [3.8, 4) is 0 Å². The number of carboxylic acid groups (broad SMARTS) is 1. The molecule has 1 aliphatic rings. The van der Waals surface area contributed by atoms with Crippen LogP contribution in [0.1, 0.15) is 16.1 Å². The number of H-pyrrole nitrogens is 1. The van der Waals surface area contributed by atoms with Crippen molar-refractivity contribution < 1.29 is 19.4 Å². The Hall–Kier alpha value is -2.34. The van der Waals surface area contributed by atoms with Crippen LogP contribution >= 0.6 is 0 Å². The lowest BCUT2D eigenvalue weighted by molar-refractivity contribution is -0.154. The molecule has 0 unspecified atom stereocenters. The van der Waals surface area contributed by atoms with E-state index in [9.17, 15) is 9.59 Å². The normalized spacial score (nSPS) is 18.9. The van der Waals surface area contributed by atoms with E-state index in [1.807, 2.05) is 25.1 Å². The minimum absolute atomic E-state index is 0.0720. The van der Waals surface area contributed by atoms with E-state index in [1.165, 1.54) is 4.90 Å². The van der Waals surface area contributed by atoms with Gasteiger partial charge in [0.25, 0.3) is 5.91 Å². The first-order valence-electron chi connectivity index (χ1n) is 6.77. The molecular weight excluding hydrogens is 272 g/mol. The topological polar surface area (TPSA) is 82.6 Å². The number of hydrogen-bond acceptors (Lipinski definition) is 3. The molecule has 6 nitrogen and oxygen atoms in total. The van der Waals surface area contributed by atoms with Crippen LogP contribution in [0.4, 0.5) is 0 Å². The van der Waals surface area contributed by atoms with Gasteiger partial charge in [-0.1, -0.05) is 12.1 Å². The summed E-state index contributed by atoms with van der Waals surface area (Å²) in [4.78, 5) is 28.0. The summed E-state index contributed by atoms with van der Waals surface area (Å²) in [6.45, 7) is 2.70. The lowest BCUT2D eigenvalue weighted by atomic mass is 10.2. The Morgan fingerprint density at radius 3 is 2.95 bits per heavy atom. The summed E-state index contributed by atoms with van der Waals surface area (Å²) in [5, 5.41) is 9.95. The van der Waals surface area contributed by atoms with E-state index in [0.717, 1.165) is 16.5 Å². The highest BCUT2D eigenvalue weighted by Crippen LogP contribution is 2.19. The van der Waals surface area contributed by atoms with Gasteiger partial charge >= 0.3 is 5.97 Å². The number of nitrogens with one attached hydrogen (secondary N) is 1. The second-order valence-corrected chi connectivity index (χ2v) is 5.22. The Morgan fingerprint density at radius 1 is 1.38 bits per heavy atom. The van der Waals surface area contributed by atoms with Gasteiger partial charge in [-0.05, 0) is 24.6 Å². The number of morpholine rings is 1. The molecule has 2 heterocycles. The lowest BCUT2D eigenvalue weighted by Crippen LogP contribution is -2.48. The minimum atomic E-state index is -1.04. The molecule has 1 aliphatic heterocycles. The van der Waals surface area contributed by atoms with Gasteiger partial charge in [0.2, 0.25) is 0 Å². The number of carboxylic acids is 1. The Bertz CT molecular complexity index is 707. The number of rotatable bonds is 2. The predicted octanol–water partition coefficient (Wildman–Crippen LogP) is 1.40. The summed E-state index contributed by atoms with van der Waals surface area (Å²) >= 11 is 0. The first-order chi connectivity index (χ1) is 10.0. The first kappa shape index (κ1) is 13.6. The zero-order valence-corrected chi connectivity index (χ0v) is 11.6. The molecule has 2 N–H and O–H groups in total. The van der Waals surface area contributed by atoms with Crippen LogP contribution in [-0.4, -0.2) is 52.7 Å². The molecule has 0 spiro atoms. The van der Waals surface area contributed by atoms with Gasteiger partial charge in [-0.3, -0.25) is 4.79 Å². The van der Waals surface area contributed by atoms with E-state index < -0.39 is 12.1 Å². The number of fused-ring (bicyclic) bond motifs is 1. The van der Waals surface area contributed by atoms with E-state index in [2.05, 4.69) is 4.98 Å². The summed E-state index contributed by atoms with van der Waals surface area (Å²) in [6, 6.07) is 7.71. The smallest absolute Gasteiger partial charge is 0.334 e. The van der Waals surface area contributed by atoms with Crippen LogP contribution < -0.4 is 0 Å². The highest BCUT2D eigenvalue weighted by molar-refractivity contribution is 5.98. The number of nitrogens with zero attached hydrogens (tertiary/aromatic N) is 1. The maximum Gasteiger partial charge on any atom is 0.334 e. The van der Waals surface area contributed by atoms with Gasteiger partial charge in [-0.2, -0.15) is 0 Å². The van der Waals surface area contributed by atoms with Gasteiger partial charge in [-0.25, -0.2) is 4.79 Å². The van der Waals surface area contributed by atoms with Crippen LogP contribution in [0.25, 0.3) is 10.9 Å². The van der Waals surface area contributed by atoms with Gasteiger partial charge in [0.15, 0.2) is 6.10 Å². The molecule has 0 radical (unpaired) electrons. The molecule has 1 aromatic carbocycles. The fourth-order valence-electron chi connectivity index (χ4n) is 2.51. The van der Waals surface area contributed by atoms with Crippen LogP contribution in [0.5, 0.6) is 0 Å². The minimum Gasteiger partial charge on any atom is -0.479 e. The van der Waals surface area contributed by atoms with E-state index in [0.29, 0.717) is 12.2 Å². The summed E-state index contributed by atoms with van der Waals surface area (Å²) < 4.78 is 5.13. The average molecular weight is 288 g/mol. The Kier molecular flexibility index (Phi) is 3.39. The van der Waals surface area contributed by atoms with Crippen LogP contribution in [0.3, 0.4) is 0 Å². The van der Waals surface area contributed by atoms with Crippen molar-refractivity contribution in [2.75, 3.05) is 19.7 Å². The van der Waals surface area contributed by atoms with Gasteiger partial charge < -0.3 is 19.7 Å². The molecule has 3 rings (SSSR count). The van der Waals surface area contributed by atoms with Crippen molar-refractivity contribution in [1.82, 2.24) is 9.88 Å². The number of aryl methyl sites for hydroxylation is 1. The summed E-state index contributed by atoms with van der Waals surface area (Å²) in [6.07, 6.45) is -0.950. The van der Waals surface area contributed by atoms with Crippen molar-refractivity contribution in [2.24, 2.45) is 0 Å². The lowest BCUT2D eigenvalue weighted by Gasteiger charge is -2.30. The maximum atomic E-state index is 12.5. The first-order valence-corrected chi connectivity index (χ1v) is 6.77. The third-order valence-electron chi connectivity index (χ3n) is 3.64. The Morgan fingerprint density at radius 2 is 2.19 bits per heavy atom. The van der Waals surface area contributed by atoms with E-state index >= 15 is 0 Å². The third-order valence-corrected chi connectivity index (χ3v) is 3.64. The van der Waals surface area contributed by atoms with E-state index in [4.69, 9.17) is 9.84 Å². The summed E-state index contributed by atoms with van der Waals surface area (Å²) in [7, 11) is 0. The molecule has 1 saturated heterocycles. The quantitative estimate of drug-likeness (QED) is 0.875. The molecule has 1 amide bonds. The molecule has 0 aliphatic carbocycles. The monoisotopic (exact) mass is 288 g/mol. The van der Waals surface area contributed by atoms with Gasteiger partial charge in [-0.15, -0.1) is 0 Å². The number of aliphatic carboxylic acids is 1. The summed E-state index contributed by atoms with van der Waals surface area (Å²) in [5.41, 5.74) is 2.49. The van der Waals surface area contributed by atoms with Crippen molar-refractivity contribution in [3.05, 3.63) is 35.5 Å². The summed E-state index contributed by atoms with van der Waals surface area (Å²) in [5.74, 6) is -1.24. The second kappa shape index (κ2) is 5.21. The van der Waals surface area contributed by atoms with E-state index in [-0.39, 0.29) is 19.1 Å². The molecule has 1 fully saturated rings. The van der Waals surface area contributed by atoms with Crippen molar-refractivity contribution in [1.29, 1.82) is 0 Å². The number of aromatic nitrogens is 1. The van der Waals surface area contributed by atoms with Gasteiger partial charge in [0.1, 0.15) is 5.69 Å². The average Bonchev–Trinajstić information content (AvgIpc) is 2.89. The highest BCUT2D eigenvalue weighted by atomic mass is 16.5. The predicted molar refractivity (Wildman–Crippen MR) is 76.3 cm³/mol. The van der Waals surface area contributed by atoms with Crippen molar-refractivity contribution in [2.45, 2.75) is 13.0 Å². The van der Waals surface area contributed by atoms with Gasteiger partial charge in [0, 0.05) is 17.4 Å². The molecule has 1 aromatic heterocycles. The van der Waals surface area contributed by atoms with Crippen molar-refractivity contribution in [3.63, 3.8) is 0 Å². The number of carbonyl (C=O) groups excluding carboxylic acids is 1. The number of hydrogen-bond donors (Lipinski definition) is 2. The molecule has 0 saturated carbocycles. The highest BCUT2D eigenvalue weighted by Gasteiger charge is 2.30. The number of amides is 1.